The zero-order valence-corrected chi connectivity index (χ0v) is 11.2. The van der Waals surface area contributed by atoms with Crippen LogP contribution in [0.2, 0.25) is 0 Å². The summed E-state index contributed by atoms with van der Waals surface area (Å²) >= 11 is 1.87. The van der Waals surface area contributed by atoms with Crippen LogP contribution in [0.25, 0.3) is 0 Å². The number of nitrogens with zero attached hydrogens (tertiary/aromatic N) is 1. The molecule has 0 radical (unpaired) electrons. The molecule has 0 amide bonds. The average Bonchev–Trinajstić information content (AvgIpc) is 2.84. The minimum atomic E-state index is -0.0692. The Morgan fingerprint density at radius 2 is 2.12 bits per heavy atom. The summed E-state index contributed by atoms with van der Waals surface area (Å²) in [6.07, 6.45) is 7.25. The first-order valence-corrected chi connectivity index (χ1v) is 7.41. The molecular weight excluding hydrogens is 232 g/mol. The number of methoxy groups -OCH3 is 1. The van der Waals surface area contributed by atoms with Crippen molar-refractivity contribution in [3.8, 4) is 0 Å². The van der Waals surface area contributed by atoms with Crippen molar-refractivity contribution in [3.63, 3.8) is 0 Å². The van der Waals surface area contributed by atoms with Crippen LogP contribution < -0.4 is 5.32 Å². The smallest absolute Gasteiger partial charge is 0.125 e. The lowest BCUT2D eigenvalue weighted by molar-refractivity contribution is -0.0447. The molecule has 0 unspecified atom stereocenters. The molecule has 2 aliphatic rings. The van der Waals surface area contributed by atoms with E-state index >= 15 is 0 Å². The van der Waals surface area contributed by atoms with E-state index in [1.54, 1.807) is 0 Å². The van der Waals surface area contributed by atoms with E-state index in [-0.39, 0.29) is 5.60 Å². The molecule has 1 saturated carbocycles. The minimum absolute atomic E-state index is 0.0692. The molecule has 1 aliphatic carbocycles. The first kappa shape index (κ1) is 11.6. The molecule has 1 aromatic heterocycles. The van der Waals surface area contributed by atoms with Crippen molar-refractivity contribution >= 4 is 11.3 Å². The maximum absolute atomic E-state index is 5.87. The lowest BCUT2D eigenvalue weighted by atomic mass is 9.85. The van der Waals surface area contributed by atoms with Crippen LogP contribution in [0.3, 0.4) is 0 Å². The topological polar surface area (TPSA) is 34.1 Å². The number of fused-ring (bicyclic) bond motifs is 1. The number of ether oxygens (including phenoxy) is 1. The van der Waals surface area contributed by atoms with E-state index in [9.17, 15) is 0 Å². The molecule has 1 aliphatic heterocycles. The van der Waals surface area contributed by atoms with E-state index in [2.05, 4.69) is 5.32 Å². The molecule has 2 heterocycles. The van der Waals surface area contributed by atoms with E-state index in [4.69, 9.17) is 9.72 Å². The fourth-order valence-corrected chi connectivity index (χ4v) is 4.25. The number of rotatable bonds is 2. The van der Waals surface area contributed by atoms with Gasteiger partial charge in [-0.05, 0) is 12.8 Å². The molecule has 0 atom stereocenters. The van der Waals surface area contributed by atoms with Crippen LogP contribution >= 0.6 is 11.3 Å². The molecule has 1 N–H and O–H groups in total. The molecule has 3 rings (SSSR count). The number of hydrogen-bond acceptors (Lipinski definition) is 4. The van der Waals surface area contributed by atoms with E-state index in [1.165, 1.54) is 34.8 Å². The van der Waals surface area contributed by atoms with Gasteiger partial charge in [-0.2, -0.15) is 0 Å². The van der Waals surface area contributed by atoms with Crippen molar-refractivity contribution in [1.29, 1.82) is 0 Å². The average molecular weight is 252 g/mol. The van der Waals surface area contributed by atoms with Gasteiger partial charge < -0.3 is 10.1 Å². The number of thiazole rings is 1. The van der Waals surface area contributed by atoms with Gasteiger partial charge in [-0.25, -0.2) is 4.98 Å². The van der Waals surface area contributed by atoms with Gasteiger partial charge in [0.15, 0.2) is 0 Å². The maximum Gasteiger partial charge on any atom is 0.125 e. The molecule has 0 aromatic carbocycles. The van der Waals surface area contributed by atoms with Crippen LogP contribution in [0, 0.1) is 0 Å². The van der Waals surface area contributed by atoms with Crippen molar-refractivity contribution < 1.29 is 4.74 Å². The summed E-state index contributed by atoms with van der Waals surface area (Å²) in [6.45, 7) is 2.06. The number of hydrogen-bond donors (Lipinski definition) is 1. The van der Waals surface area contributed by atoms with Gasteiger partial charge in [-0.1, -0.05) is 19.3 Å². The van der Waals surface area contributed by atoms with E-state index in [0.29, 0.717) is 0 Å². The molecule has 94 valence electrons. The number of nitrogens with one attached hydrogen (secondary N) is 1. The SMILES string of the molecule is COC1(c2nc3c(s2)CNCC3)CCCCC1. The normalized spacial score (nSPS) is 23.4. The van der Waals surface area contributed by atoms with Gasteiger partial charge in [-0.15, -0.1) is 11.3 Å². The van der Waals surface area contributed by atoms with Crippen molar-refractivity contribution in [3.05, 3.63) is 15.6 Å². The van der Waals surface area contributed by atoms with Crippen molar-refractivity contribution in [2.24, 2.45) is 0 Å². The summed E-state index contributed by atoms with van der Waals surface area (Å²) in [5, 5.41) is 4.65. The molecule has 0 bridgehead atoms. The second-order valence-corrected chi connectivity index (χ2v) is 6.16. The predicted octanol–water partition coefficient (Wildman–Crippen LogP) is 2.59. The Balaban J connectivity index is 1.93. The van der Waals surface area contributed by atoms with Crippen LogP contribution in [-0.2, 0) is 23.3 Å². The second-order valence-electron chi connectivity index (χ2n) is 5.07. The third kappa shape index (κ3) is 2.02. The summed E-state index contributed by atoms with van der Waals surface area (Å²) in [7, 11) is 1.85. The van der Waals surface area contributed by atoms with Crippen LogP contribution in [-0.4, -0.2) is 18.6 Å². The Bertz CT molecular complexity index is 373. The summed E-state index contributed by atoms with van der Waals surface area (Å²) in [5.74, 6) is 0. The van der Waals surface area contributed by atoms with Crippen molar-refractivity contribution in [1.82, 2.24) is 10.3 Å². The zero-order valence-electron chi connectivity index (χ0n) is 10.4. The summed E-state index contributed by atoms with van der Waals surface area (Å²) in [6, 6.07) is 0. The number of aromatic nitrogens is 1. The zero-order chi connectivity index (χ0) is 11.7. The summed E-state index contributed by atoms with van der Waals surface area (Å²) in [4.78, 5) is 6.30. The van der Waals surface area contributed by atoms with Crippen LogP contribution in [0.4, 0.5) is 0 Å². The highest BCUT2D eigenvalue weighted by atomic mass is 32.1. The first-order chi connectivity index (χ1) is 8.34. The van der Waals surface area contributed by atoms with Crippen LogP contribution in [0.1, 0.15) is 47.7 Å². The highest BCUT2D eigenvalue weighted by Crippen LogP contribution is 2.42. The molecule has 0 spiro atoms. The fourth-order valence-electron chi connectivity index (χ4n) is 2.95. The Labute approximate surface area is 107 Å². The molecular formula is C13H20N2OS. The first-order valence-electron chi connectivity index (χ1n) is 6.59. The fraction of sp³-hybridized carbons (Fsp3) is 0.769. The van der Waals surface area contributed by atoms with Gasteiger partial charge in [0.25, 0.3) is 0 Å². The Morgan fingerprint density at radius 3 is 2.82 bits per heavy atom. The lowest BCUT2D eigenvalue weighted by Gasteiger charge is -2.34. The predicted molar refractivity (Wildman–Crippen MR) is 69.3 cm³/mol. The minimum Gasteiger partial charge on any atom is -0.371 e. The van der Waals surface area contributed by atoms with Crippen LogP contribution in [0.15, 0.2) is 0 Å². The highest BCUT2D eigenvalue weighted by molar-refractivity contribution is 7.11. The van der Waals surface area contributed by atoms with E-state index in [1.807, 2.05) is 18.4 Å². The van der Waals surface area contributed by atoms with Gasteiger partial charge in [0, 0.05) is 31.5 Å². The third-order valence-corrected chi connectivity index (χ3v) is 5.33. The Hall–Kier alpha value is -0.450. The molecule has 17 heavy (non-hydrogen) atoms. The van der Waals surface area contributed by atoms with Crippen molar-refractivity contribution in [2.75, 3.05) is 13.7 Å². The van der Waals surface area contributed by atoms with Gasteiger partial charge >= 0.3 is 0 Å². The van der Waals surface area contributed by atoms with Gasteiger partial charge in [-0.3, -0.25) is 0 Å². The Kier molecular flexibility index (Phi) is 3.19. The molecule has 1 fully saturated rings. The van der Waals surface area contributed by atoms with Gasteiger partial charge in [0.05, 0.1) is 5.69 Å². The molecule has 3 nitrogen and oxygen atoms in total. The third-order valence-electron chi connectivity index (χ3n) is 4.04. The van der Waals surface area contributed by atoms with Gasteiger partial charge in [0.1, 0.15) is 10.6 Å². The molecule has 4 heteroatoms. The van der Waals surface area contributed by atoms with Crippen molar-refractivity contribution in [2.45, 2.75) is 50.7 Å². The largest absolute Gasteiger partial charge is 0.371 e. The summed E-state index contributed by atoms with van der Waals surface area (Å²) < 4.78 is 5.87. The van der Waals surface area contributed by atoms with Gasteiger partial charge in [0.2, 0.25) is 0 Å². The molecule has 1 aromatic rings. The standard InChI is InChI=1S/C13H20N2OS/c1-16-13(6-3-2-4-7-13)12-15-10-5-8-14-9-11(10)17-12/h14H,2-9H2,1H3. The van der Waals surface area contributed by atoms with Crippen LogP contribution in [0.5, 0.6) is 0 Å². The maximum atomic E-state index is 5.87. The molecule has 0 saturated heterocycles. The quantitative estimate of drug-likeness (QED) is 0.878. The lowest BCUT2D eigenvalue weighted by Crippen LogP contribution is -2.31. The Morgan fingerprint density at radius 1 is 1.29 bits per heavy atom. The second kappa shape index (κ2) is 4.67. The van der Waals surface area contributed by atoms with E-state index in [0.717, 1.165) is 32.4 Å². The van der Waals surface area contributed by atoms with E-state index < -0.39 is 0 Å². The monoisotopic (exact) mass is 252 g/mol. The summed E-state index contributed by atoms with van der Waals surface area (Å²) in [5.41, 5.74) is 1.24. The highest BCUT2D eigenvalue weighted by Gasteiger charge is 2.37.